The van der Waals surface area contributed by atoms with Gasteiger partial charge < -0.3 is 20.1 Å². The van der Waals surface area contributed by atoms with Crippen LogP contribution in [-0.2, 0) is 11.3 Å². The van der Waals surface area contributed by atoms with Crippen LogP contribution in [0.25, 0.3) is 0 Å². The molecule has 1 aliphatic rings. The SMILES string of the molecule is CCNC(=NCc1ccc(C)cc1OCC(F)(F)F)NCCOCC1CC1. The second-order valence-electron chi connectivity index (χ2n) is 6.66. The maximum atomic E-state index is 12.5. The summed E-state index contributed by atoms with van der Waals surface area (Å²) in [6.07, 6.45) is -1.86. The van der Waals surface area contributed by atoms with Gasteiger partial charge in [0, 0.05) is 25.3 Å². The molecule has 0 aromatic heterocycles. The predicted octanol–water partition coefficient (Wildman–Crippen LogP) is 3.42. The first kappa shape index (κ1) is 21.3. The van der Waals surface area contributed by atoms with Crippen LogP contribution in [0.15, 0.2) is 23.2 Å². The fraction of sp³-hybridized carbons (Fsp3) is 0.632. The zero-order valence-corrected chi connectivity index (χ0v) is 15.9. The fourth-order valence-electron chi connectivity index (χ4n) is 2.37. The molecule has 0 amide bonds. The summed E-state index contributed by atoms with van der Waals surface area (Å²) in [5.74, 6) is 1.53. The average Bonchev–Trinajstić information content (AvgIpc) is 3.42. The number of guanidine groups is 1. The molecule has 5 nitrogen and oxygen atoms in total. The first-order chi connectivity index (χ1) is 12.9. The van der Waals surface area contributed by atoms with E-state index in [1.807, 2.05) is 13.0 Å². The first-order valence-corrected chi connectivity index (χ1v) is 9.26. The molecule has 2 N–H and O–H groups in total. The smallest absolute Gasteiger partial charge is 0.422 e. The lowest BCUT2D eigenvalue weighted by atomic mass is 10.1. The Kier molecular flexibility index (Phi) is 8.22. The molecule has 152 valence electrons. The molecule has 0 heterocycles. The Bertz CT molecular complexity index is 617. The second-order valence-corrected chi connectivity index (χ2v) is 6.66. The van der Waals surface area contributed by atoms with Crippen LogP contribution in [0.3, 0.4) is 0 Å². The molecule has 0 radical (unpaired) electrons. The van der Waals surface area contributed by atoms with Crippen LogP contribution >= 0.6 is 0 Å². The number of aryl methyl sites for hydroxylation is 1. The van der Waals surface area contributed by atoms with E-state index >= 15 is 0 Å². The average molecular weight is 387 g/mol. The monoisotopic (exact) mass is 387 g/mol. The van der Waals surface area contributed by atoms with Crippen LogP contribution in [0, 0.1) is 12.8 Å². The Hall–Kier alpha value is -1.96. The van der Waals surface area contributed by atoms with Crippen LogP contribution in [0.2, 0.25) is 0 Å². The molecule has 27 heavy (non-hydrogen) atoms. The van der Waals surface area contributed by atoms with Gasteiger partial charge in [-0.2, -0.15) is 13.2 Å². The number of hydrogen-bond donors (Lipinski definition) is 2. The summed E-state index contributed by atoms with van der Waals surface area (Å²) in [5, 5.41) is 6.28. The van der Waals surface area contributed by atoms with Crippen molar-refractivity contribution in [3.63, 3.8) is 0 Å². The minimum Gasteiger partial charge on any atom is -0.484 e. The molecule has 0 bridgehead atoms. The number of nitrogens with zero attached hydrogens (tertiary/aromatic N) is 1. The van der Waals surface area contributed by atoms with E-state index in [1.165, 1.54) is 12.8 Å². The summed E-state index contributed by atoms with van der Waals surface area (Å²) in [4.78, 5) is 4.44. The van der Waals surface area contributed by atoms with Crippen molar-refractivity contribution in [2.75, 3.05) is 32.9 Å². The lowest BCUT2D eigenvalue weighted by Crippen LogP contribution is -2.39. The standard InChI is InChI=1S/C19H28F3N3O2/c1-3-23-18(24-8-9-26-12-15-5-6-15)25-11-16-7-4-14(2)10-17(16)27-13-19(20,21)22/h4,7,10,15H,3,5-6,8-9,11-13H2,1-2H3,(H2,23,24,25). The highest BCUT2D eigenvalue weighted by Crippen LogP contribution is 2.28. The molecular weight excluding hydrogens is 359 g/mol. The van der Waals surface area contributed by atoms with Gasteiger partial charge >= 0.3 is 6.18 Å². The molecule has 1 aromatic rings. The van der Waals surface area contributed by atoms with Crippen LogP contribution in [0.1, 0.15) is 30.9 Å². The van der Waals surface area contributed by atoms with Crippen molar-refractivity contribution in [1.82, 2.24) is 10.6 Å². The number of hydrogen-bond acceptors (Lipinski definition) is 3. The molecule has 0 atom stereocenters. The maximum Gasteiger partial charge on any atom is 0.422 e. The number of ether oxygens (including phenoxy) is 2. The van der Waals surface area contributed by atoms with Crippen molar-refractivity contribution in [3.05, 3.63) is 29.3 Å². The van der Waals surface area contributed by atoms with Gasteiger partial charge in [-0.15, -0.1) is 0 Å². The van der Waals surface area contributed by atoms with Gasteiger partial charge in [-0.1, -0.05) is 12.1 Å². The van der Waals surface area contributed by atoms with Gasteiger partial charge in [0.1, 0.15) is 5.75 Å². The lowest BCUT2D eigenvalue weighted by molar-refractivity contribution is -0.153. The highest BCUT2D eigenvalue weighted by atomic mass is 19.4. The Morgan fingerprint density at radius 1 is 1.26 bits per heavy atom. The molecule has 0 unspecified atom stereocenters. The Morgan fingerprint density at radius 3 is 2.70 bits per heavy atom. The van der Waals surface area contributed by atoms with Crippen molar-refractivity contribution in [2.45, 2.75) is 39.4 Å². The van der Waals surface area contributed by atoms with Gasteiger partial charge in [-0.25, -0.2) is 4.99 Å². The van der Waals surface area contributed by atoms with Crippen LogP contribution < -0.4 is 15.4 Å². The van der Waals surface area contributed by atoms with Crippen LogP contribution in [-0.4, -0.2) is 45.0 Å². The molecule has 0 spiro atoms. The third-order valence-electron chi connectivity index (χ3n) is 3.96. The predicted molar refractivity (Wildman–Crippen MR) is 99.1 cm³/mol. The van der Waals surface area contributed by atoms with Gasteiger partial charge in [0.2, 0.25) is 0 Å². The number of rotatable bonds is 10. The summed E-state index contributed by atoms with van der Waals surface area (Å²) in [5.41, 5.74) is 1.43. The molecule has 2 rings (SSSR count). The zero-order chi connectivity index (χ0) is 19.7. The van der Waals surface area contributed by atoms with Gasteiger partial charge in [0.25, 0.3) is 0 Å². The van der Waals surface area contributed by atoms with Crippen LogP contribution in [0.5, 0.6) is 5.75 Å². The Morgan fingerprint density at radius 2 is 2.04 bits per heavy atom. The number of alkyl halides is 3. The third kappa shape index (κ3) is 8.99. The molecule has 0 saturated heterocycles. The highest BCUT2D eigenvalue weighted by molar-refractivity contribution is 5.79. The first-order valence-electron chi connectivity index (χ1n) is 9.26. The molecule has 1 fully saturated rings. The highest BCUT2D eigenvalue weighted by Gasteiger charge is 2.28. The Labute approximate surface area is 158 Å². The summed E-state index contributed by atoms with van der Waals surface area (Å²) in [6, 6.07) is 5.17. The van der Waals surface area contributed by atoms with E-state index in [1.54, 1.807) is 19.1 Å². The van der Waals surface area contributed by atoms with E-state index in [2.05, 4.69) is 15.6 Å². The molecule has 1 aliphatic carbocycles. The summed E-state index contributed by atoms with van der Waals surface area (Å²) in [6.45, 7) is 5.34. The molecule has 1 saturated carbocycles. The quantitative estimate of drug-likeness (QED) is 0.367. The summed E-state index contributed by atoms with van der Waals surface area (Å²) < 4.78 is 47.9. The molecular formula is C19H28F3N3O2. The van der Waals surface area contributed by atoms with E-state index < -0.39 is 12.8 Å². The summed E-state index contributed by atoms with van der Waals surface area (Å²) in [7, 11) is 0. The number of halogens is 3. The topological polar surface area (TPSA) is 54.9 Å². The van der Waals surface area contributed by atoms with Crippen molar-refractivity contribution in [3.8, 4) is 5.75 Å². The van der Waals surface area contributed by atoms with Crippen molar-refractivity contribution in [2.24, 2.45) is 10.9 Å². The number of aliphatic imine (C=N–C) groups is 1. The normalized spacial score (nSPS) is 14.9. The van der Waals surface area contributed by atoms with E-state index in [0.29, 0.717) is 31.2 Å². The van der Waals surface area contributed by atoms with E-state index in [9.17, 15) is 13.2 Å². The Balaban J connectivity index is 1.90. The van der Waals surface area contributed by atoms with Crippen molar-refractivity contribution in [1.29, 1.82) is 0 Å². The fourth-order valence-corrected chi connectivity index (χ4v) is 2.37. The van der Waals surface area contributed by atoms with Gasteiger partial charge in [0.05, 0.1) is 13.2 Å². The van der Waals surface area contributed by atoms with Gasteiger partial charge in [-0.05, 0) is 44.2 Å². The number of nitrogens with one attached hydrogen (secondary N) is 2. The van der Waals surface area contributed by atoms with E-state index in [4.69, 9.17) is 9.47 Å². The van der Waals surface area contributed by atoms with E-state index in [-0.39, 0.29) is 12.3 Å². The lowest BCUT2D eigenvalue weighted by Gasteiger charge is -2.14. The molecule has 0 aliphatic heterocycles. The zero-order valence-electron chi connectivity index (χ0n) is 15.9. The van der Waals surface area contributed by atoms with Crippen LogP contribution in [0.4, 0.5) is 13.2 Å². The minimum absolute atomic E-state index is 0.208. The minimum atomic E-state index is -4.37. The third-order valence-corrected chi connectivity index (χ3v) is 3.96. The van der Waals surface area contributed by atoms with Crippen molar-refractivity contribution < 1.29 is 22.6 Å². The number of benzene rings is 1. The maximum absolute atomic E-state index is 12.5. The largest absolute Gasteiger partial charge is 0.484 e. The summed E-state index contributed by atoms with van der Waals surface area (Å²) >= 11 is 0. The van der Waals surface area contributed by atoms with Gasteiger partial charge in [-0.3, -0.25) is 0 Å². The second kappa shape index (κ2) is 10.4. The molecule has 1 aromatic carbocycles. The van der Waals surface area contributed by atoms with E-state index in [0.717, 1.165) is 18.1 Å². The van der Waals surface area contributed by atoms with Gasteiger partial charge in [0.15, 0.2) is 12.6 Å². The van der Waals surface area contributed by atoms with Crippen molar-refractivity contribution >= 4 is 5.96 Å². The molecule has 8 heteroatoms.